The second-order valence-electron chi connectivity index (χ2n) is 6.35. The van der Waals surface area contributed by atoms with E-state index in [0.717, 1.165) is 10.6 Å². The zero-order valence-corrected chi connectivity index (χ0v) is 17.0. The molecule has 0 aromatic heterocycles. The fourth-order valence-electron chi connectivity index (χ4n) is 3.04. The molecule has 3 rings (SSSR count). The highest BCUT2D eigenvalue weighted by molar-refractivity contribution is 7.92. The normalized spacial score (nSPS) is 13.3. The summed E-state index contributed by atoms with van der Waals surface area (Å²) in [6, 6.07) is 11.5. The van der Waals surface area contributed by atoms with Crippen LogP contribution in [0.2, 0.25) is 0 Å². The third kappa shape index (κ3) is 4.27. The Morgan fingerprint density at radius 2 is 1.90 bits per heavy atom. The molecule has 0 bridgehead atoms. The minimum absolute atomic E-state index is 0.164. The van der Waals surface area contributed by atoms with Gasteiger partial charge in [0.15, 0.2) is 0 Å². The molecule has 0 fully saturated rings. The summed E-state index contributed by atoms with van der Waals surface area (Å²) >= 11 is 0. The number of ether oxygens (including phenoxy) is 2. The molecule has 29 heavy (non-hydrogen) atoms. The Hall–Kier alpha value is -3.27. The topological polar surface area (TPSA) is 105 Å². The van der Waals surface area contributed by atoms with Gasteiger partial charge in [0.25, 0.3) is 0 Å². The van der Waals surface area contributed by atoms with Gasteiger partial charge in [-0.15, -0.1) is 0 Å². The highest BCUT2D eigenvalue weighted by atomic mass is 32.2. The molecule has 0 atom stereocenters. The Labute approximate surface area is 168 Å². The van der Waals surface area contributed by atoms with Gasteiger partial charge >= 0.3 is 0 Å². The van der Waals surface area contributed by atoms with Gasteiger partial charge in [-0.3, -0.25) is 18.8 Å². The van der Waals surface area contributed by atoms with E-state index in [4.69, 9.17) is 9.47 Å². The Morgan fingerprint density at radius 1 is 1.17 bits per heavy atom. The van der Waals surface area contributed by atoms with Gasteiger partial charge < -0.3 is 14.8 Å². The van der Waals surface area contributed by atoms with Crippen LogP contribution in [-0.2, 0) is 19.6 Å². The lowest BCUT2D eigenvalue weighted by Gasteiger charge is -2.31. The van der Waals surface area contributed by atoms with Crippen molar-refractivity contribution in [2.24, 2.45) is 0 Å². The van der Waals surface area contributed by atoms with Gasteiger partial charge in [0.2, 0.25) is 21.8 Å². The fourth-order valence-corrected chi connectivity index (χ4v) is 3.88. The fraction of sp³-hybridized carbons (Fsp3) is 0.263. The molecule has 0 saturated heterocycles. The van der Waals surface area contributed by atoms with E-state index in [1.807, 2.05) is 0 Å². The predicted molar refractivity (Wildman–Crippen MR) is 109 cm³/mol. The number of fused-ring (bicyclic) bond motifs is 1. The lowest BCUT2D eigenvalue weighted by molar-refractivity contribution is -0.121. The van der Waals surface area contributed by atoms with Crippen LogP contribution in [0.25, 0.3) is 0 Å². The third-order valence-corrected chi connectivity index (χ3v) is 5.53. The number of benzene rings is 2. The van der Waals surface area contributed by atoms with Crippen LogP contribution in [-0.4, -0.2) is 53.8 Å². The standard InChI is InChI=1S/C19H21N3O6S/c1-27-13-8-9-17(28-2)16(10-13)22(29(3,25)26)12-19(24)21-11-18(23)20-14-6-4-5-7-15(14)21/h4-10H,11-12H2,1-3H3,(H,20,23). The van der Waals surface area contributed by atoms with Crippen LogP contribution < -0.4 is 24.0 Å². The van der Waals surface area contributed by atoms with Crippen molar-refractivity contribution >= 4 is 38.9 Å². The van der Waals surface area contributed by atoms with Crippen LogP contribution in [0.3, 0.4) is 0 Å². The van der Waals surface area contributed by atoms with Crippen LogP contribution >= 0.6 is 0 Å². The molecule has 2 aromatic carbocycles. The van der Waals surface area contributed by atoms with Gasteiger partial charge in [0.05, 0.1) is 37.5 Å². The quantitative estimate of drug-likeness (QED) is 0.760. The van der Waals surface area contributed by atoms with Gasteiger partial charge in [-0.25, -0.2) is 8.42 Å². The van der Waals surface area contributed by atoms with Crippen molar-refractivity contribution < 1.29 is 27.5 Å². The first kappa shape index (κ1) is 20.5. The molecule has 1 aliphatic rings. The molecule has 10 heteroatoms. The van der Waals surface area contributed by atoms with E-state index < -0.39 is 22.5 Å². The van der Waals surface area contributed by atoms with Crippen LogP contribution in [0.15, 0.2) is 42.5 Å². The van der Waals surface area contributed by atoms with Gasteiger partial charge in [0.1, 0.15) is 24.6 Å². The number of anilines is 3. The minimum Gasteiger partial charge on any atom is -0.497 e. The number of hydrogen-bond donors (Lipinski definition) is 1. The van der Waals surface area contributed by atoms with Crippen molar-refractivity contribution in [1.29, 1.82) is 0 Å². The van der Waals surface area contributed by atoms with Crippen molar-refractivity contribution in [3.8, 4) is 11.5 Å². The monoisotopic (exact) mass is 419 g/mol. The van der Waals surface area contributed by atoms with E-state index in [0.29, 0.717) is 17.1 Å². The summed E-state index contributed by atoms with van der Waals surface area (Å²) in [4.78, 5) is 26.3. The molecule has 1 aliphatic heterocycles. The summed E-state index contributed by atoms with van der Waals surface area (Å²) in [6.45, 7) is -0.716. The molecule has 1 N–H and O–H groups in total. The number of carbonyl (C=O) groups excluding carboxylic acids is 2. The third-order valence-electron chi connectivity index (χ3n) is 4.41. The number of carbonyl (C=O) groups is 2. The maximum Gasteiger partial charge on any atom is 0.248 e. The van der Waals surface area contributed by atoms with Crippen molar-refractivity contribution in [1.82, 2.24) is 0 Å². The number of para-hydroxylation sites is 2. The van der Waals surface area contributed by atoms with E-state index in [1.54, 1.807) is 36.4 Å². The van der Waals surface area contributed by atoms with Crippen LogP contribution in [0.5, 0.6) is 11.5 Å². The van der Waals surface area contributed by atoms with Crippen molar-refractivity contribution in [2.45, 2.75) is 0 Å². The number of rotatable bonds is 6. The first-order valence-corrected chi connectivity index (χ1v) is 10.5. The first-order valence-electron chi connectivity index (χ1n) is 8.63. The van der Waals surface area contributed by atoms with Crippen molar-refractivity contribution in [3.63, 3.8) is 0 Å². The molecule has 0 spiro atoms. The van der Waals surface area contributed by atoms with Crippen LogP contribution in [0.1, 0.15) is 0 Å². The molecule has 0 saturated carbocycles. The molecule has 1 heterocycles. The molecule has 154 valence electrons. The highest BCUT2D eigenvalue weighted by Crippen LogP contribution is 2.34. The summed E-state index contributed by atoms with van der Waals surface area (Å²) in [5.74, 6) is -0.241. The van der Waals surface area contributed by atoms with Gasteiger partial charge in [-0.2, -0.15) is 0 Å². The SMILES string of the molecule is COc1ccc(OC)c(N(CC(=O)N2CC(=O)Nc3ccccc32)S(C)(=O)=O)c1. The summed E-state index contributed by atoms with van der Waals surface area (Å²) < 4.78 is 36.4. The smallest absolute Gasteiger partial charge is 0.248 e. The Bertz CT molecular complexity index is 1050. The number of amides is 2. The maximum absolute atomic E-state index is 13.1. The Balaban J connectivity index is 1.99. The highest BCUT2D eigenvalue weighted by Gasteiger charge is 2.31. The number of methoxy groups -OCH3 is 2. The largest absolute Gasteiger partial charge is 0.497 e. The molecular formula is C19H21N3O6S. The molecule has 0 radical (unpaired) electrons. The maximum atomic E-state index is 13.1. The van der Waals surface area contributed by atoms with Crippen molar-refractivity contribution in [2.75, 3.05) is 48.1 Å². The molecular weight excluding hydrogens is 398 g/mol. The zero-order chi connectivity index (χ0) is 21.2. The summed E-state index contributed by atoms with van der Waals surface area (Å²) in [7, 11) is -1.000. The Kier molecular flexibility index (Phi) is 5.64. The minimum atomic E-state index is -3.85. The average Bonchev–Trinajstić information content (AvgIpc) is 2.69. The van der Waals surface area contributed by atoms with Gasteiger partial charge in [-0.1, -0.05) is 12.1 Å². The van der Waals surface area contributed by atoms with Crippen molar-refractivity contribution in [3.05, 3.63) is 42.5 Å². The molecule has 2 amide bonds. The van der Waals surface area contributed by atoms with Gasteiger partial charge in [0, 0.05) is 6.07 Å². The number of nitrogens with zero attached hydrogens (tertiary/aromatic N) is 2. The number of hydrogen-bond acceptors (Lipinski definition) is 6. The average molecular weight is 419 g/mol. The van der Waals surface area contributed by atoms with E-state index in [2.05, 4.69) is 5.32 Å². The summed E-state index contributed by atoms with van der Waals surface area (Å²) in [5.41, 5.74) is 1.16. The lowest BCUT2D eigenvalue weighted by atomic mass is 10.2. The summed E-state index contributed by atoms with van der Waals surface area (Å²) in [5, 5.41) is 2.69. The second kappa shape index (κ2) is 8.00. The number of sulfonamides is 1. The van der Waals surface area contributed by atoms with Gasteiger partial charge in [-0.05, 0) is 24.3 Å². The van der Waals surface area contributed by atoms with E-state index in [-0.39, 0.29) is 23.9 Å². The summed E-state index contributed by atoms with van der Waals surface area (Å²) in [6.07, 6.45) is 0.996. The van der Waals surface area contributed by atoms with Crippen LogP contribution in [0, 0.1) is 0 Å². The molecule has 0 aliphatic carbocycles. The Morgan fingerprint density at radius 3 is 2.55 bits per heavy atom. The second-order valence-corrected chi connectivity index (χ2v) is 8.26. The van der Waals surface area contributed by atoms with E-state index in [9.17, 15) is 18.0 Å². The molecule has 2 aromatic rings. The van der Waals surface area contributed by atoms with E-state index >= 15 is 0 Å². The lowest BCUT2D eigenvalue weighted by Crippen LogP contribution is -2.47. The molecule has 9 nitrogen and oxygen atoms in total. The molecule has 0 unspecified atom stereocenters. The zero-order valence-electron chi connectivity index (χ0n) is 16.2. The predicted octanol–water partition coefficient (Wildman–Crippen LogP) is 1.46. The van der Waals surface area contributed by atoms with E-state index in [1.165, 1.54) is 25.2 Å². The number of nitrogens with one attached hydrogen (secondary N) is 1. The van der Waals surface area contributed by atoms with Crippen LogP contribution in [0.4, 0.5) is 17.1 Å². The first-order chi connectivity index (χ1) is 13.7.